The second kappa shape index (κ2) is 5.28. The number of nitrogen functional groups attached to an aromatic ring is 1. The van der Waals surface area contributed by atoms with Crippen molar-refractivity contribution in [2.45, 2.75) is 39.0 Å². The van der Waals surface area contributed by atoms with Gasteiger partial charge in [-0.15, -0.1) is 0 Å². The van der Waals surface area contributed by atoms with E-state index in [1.807, 2.05) is 0 Å². The van der Waals surface area contributed by atoms with Gasteiger partial charge >= 0.3 is 11.9 Å². The van der Waals surface area contributed by atoms with Crippen molar-refractivity contribution in [2.75, 3.05) is 5.73 Å². The third-order valence-corrected chi connectivity index (χ3v) is 2.45. The highest BCUT2D eigenvalue weighted by Gasteiger charge is 2.26. The lowest BCUT2D eigenvalue weighted by atomic mass is 10.3. The van der Waals surface area contributed by atoms with E-state index in [4.69, 9.17) is 5.73 Å². The minimum absolute atomic E-state index is 0.150. The molecule has 0 aliphatic heterocycles. The van der Waals surface area contributed by atoms with Crippen molar-refractivity contribution in [1.29, 1.82) is 0 Å². The van der Waals surface area contributed by atoms with Crippen LogP contribution in [0.4, 0.5) is 18.9 Å². The Morgan fingerprint density at radius 1 is 1.33 bits per heavy atom. The van der Waals surface area contributed by atoms with Gasteiger partial charge in [-0.3, -0.25) is 13.9 Å². The SMILES string of the molecule is CCn1cc(N)c(=O)n(CCCC(F)(F)F)c1=O. The van der Waals surface area contributed by atoms with Crippen LogP contribution in [0.2, 0.25) is 0 Å². The molecule has 0 aliphatic carbocycles. The molecule has 0 fully saturated rings. The van der Waals surface area contributed by atoms with Gasteiger partial charge < -0.3 is 5.73 Å². The van der Waals surface area contributed by atoms with Crippen molar-refractivity contribution in [3.8, 4) is 0 Å². The van der Waals surface area contributed by atoms with Crippen molar-refractivity contribution in [3.63, 3.8) is 0 Å². The van der Waals surface area contributed by atoms with Crippen molar-refractivity contribution in [2.24, 2.45) is 0 Å². The van der Waals surface area contributed by atoms with Crippen molar-refractivity contribution in [3.05, 3.63) is 27.0 Å². The summed E-state index contributed by atoms with van der Waals surface area (Å²) in [5.74, 6) is 0. The van der Waals surface area contributed by atoms with E-state index in [0.717, 1.165) is 4.57 Å². The molecule has 0 saturated heterocycles. The lowest BCUT2D eigenvalue weighted by molar-refractivity contribution is -0.135. The van der Waals surface area contributed by atoms with E-state index in [2.05, 4.69) is 0 Å². The first kappa shape index (κ1) is 14.3. The van der Waals surface area contributed by atoms with Crippen LogP contribution in [0.1, 0.15) is 19.8 Å². The standard InChI is InChI=1S/C10H14F3N3O2/c1-2-15-6-7(14)8(17)16(9(15)18)5-3-4-10(11,12)13/h6H,2-5,14H2,1H3. The monoisotopic (exact) mass is 265 g/mol. The molecule has 0 radical (unpaired) electrons. The quantitative estimate of drug-likeness (QED) is 0.881. The molecule has 18 heavy (non-hydrogen) atoms. The van der Waals surface area contributed by atoms with E-state index in [0.29, 0.717) is 6.54 Å². The molecule has 0 aliphatic rings. The van der Waals surface area contributed by atoms with Gasteiger partial charge in [-0.25, -0.2) is 4.79 Å². The summed E-state index contributed by atoms with van der Waals surface area (Å²) in [5.41, 5.74) is 3.88. The van der Waals surface area contributed by atoms with Gasteiger partial charge in [-0.1, -0.05) is 0 Å². The number of aromatic nitrogens is 2. The van der Waals surface area contributed by atoms with Gasteiger partial charge in [0, 0.05) is 25.7 Å². The zero-order chi connectivity index (χ0) is 13.9. The number of aryl methyl sites for hydroxylation is 1. The van der Waals surface area contributed by atoms with Crippen LogP contribution in [0.5, 0.6) is 0 Å². The summed E-state index contributed by atoms with van der Waals surface area (Å²) in [7, 11) is 0. The molecule has 0 spiro atoms. The van der Waals surface area contributed by atoms with Crippen LogP contribution in [-0.2, 0) is 13.1 Å². The Balaban J connectivity index is 2.99. The highest BCUT2D eigenvalue weighted by atomic mass is 19.4. The van der Waals surface area contributed by atoms with Crippen LogP contribution >= 0.6 is 0 Å². The van der Waals surface area contributed by atoms with E-state index in [1.54, 1.807) is 6.92 Å². The molecule has 0 unspecified atom stereocenters. The number of hydrogen-bond donors (Lipinski definition) is 1. The van der Waals surface area contributed by atoms with E-state index < -0.39 is 23.8 Å². The largest absolute Gasteiger partial charge is 0.393 e. The van der Waals surface area contributed by atoms with Crippen molar-refractivity contribution in [1.82, 2.24) is 9.13 Å². The summed E-state index contributed by atoms with van der Waals surface area (Å²) in [4.78, 5) is 23.3. The second-order valence-corrected chi connectivity index (χ2v) is 3.83. The van der Waals surface area contributed by atoms with E-state index in [-0.39, 0.29) is 18.7 Å². The molecular formula is C10H14F3N3O2. The fourth-order valence-electron chi connectivity index (χ4n) is 1.54. The maximum atomic E-state index is 12.0. The van der Waals surface area contributed by atoms with Gasteiger partial charge in [0.1, 0.15) is 5.69 Å². The maximum absolute atomic E-state index is 12.0. The molecule has 0 atom stereocenters. The number of halogens is 3. The van der Waals surface area contributed by atoms with Crippen LogP contribution in [-0.4, -0.2) is 15.3 Å². The molecule has 8 heteroatoms. The van der Waals surface area contributed by atoms with Crippen molar-refractivity contribution >= 4 is 5.69 Å². The highest BCUT2D eigenvalue weighted by Crippen LogP contribution is 2.21. The Hall–Kier alpha value is -1.73. The fourth-order valence-corrected chi connectivity index (χ4v) is 1.54. The maximum Gasteiger partial charge on any atom is 0.389 e. The number of alkyl halides is 3. The molecular weight excluding hydrogens is 251 g/mol. The first-order valence-corrected chi connectivity index (χ1v) is 5.42. The molecule has 102 valence electrons. The first-order valence-electron chi connectivity index (χ1n) is 5.42. The van der Waals surface area contributed by atoms with Crippen LogP contribution in [0.3, 0.4) is 0 Å². The minimum atomic E-state index is -4.30. The second-order valence-electron chi connectivity index (χ2n) is 3.83. The predicted molar refractivity (Wildman–Crippen MR) is 60.3 cm³/mol. The number of anilines is 1. The molecule has 2 N–H and O–H groups in total. The summed E-state index contributed by atoms with van der Waals surface area (Å²) in [6.45, 7) is 1.68. The summed E-state index contributed by atoms with van der Waals surface area (Å²) in [6, 6.07) is 0. The molecule has 1 aromatic heterocycles. The third kappa shape index (κ3) is 3.38. The Kier molecular flexibility index (Phi) is 4.20. The molecule has 0 aromatic carbocycles. The van der Waals surface area contributed by atoms with Gasteiger partial charge in [-0.2, -0.15) is 13.2 Å². The smallest absolute Gasteiger partial charge is 0.389 e. The average Bonchev–Trinajstić information content (AvgIpc) is 2.26. The molecule has 0 amide bonds. The lowest BCUT2D eigenvalue weighted by Gasteiger charge is -2.10. The molecule has 0 saturated carbocycles. The number of rotatable bonds is 4. The normalized spacial score (nSPS) is 11.8. The average molecular weight is 265 g/mol. The van der Waals surface area contributed by atoms with Gasteiger partial charge in [0.25, 0.3) is 5.56 Å². The van der Waals surface area contributed by atoms with Crippen LogP contribution in [0.25, 0.3) is 0 Å². The van der Waals surface area contributed by atoms with Gasteiger partial charge in [0.2, 0.25) is 0 Å². The summed E-state index contributed by atoms with van der Waals surface area (Å²) >= 11 is 0. The van der Waals surface area contributed by atoms with Crippen LogP contribution in [0.15, 0.2) is 15.8 Å². The zero-order valence-electron chi connectivity index (χ0n) is 9.83. The number of nitrogens with two attached hydrogens (primary N) is 1. The Bertz CT molecular complexity index is 531. The van der Waals surface area contributed by atoms with Crippen LogP contribution in [0, 0.1) is 0 Å². The summed E-state index contributed by atoms with van der Waals surface area (Å²) < 4.78 is 37.9. The van der Waals surface area contributed by atoms with Crippen molar-refractivity contribution < 1.29 is 13.2 Å². The molecule has 1 aromatic rings. The molecule has 1 rings (SSSR count). The molecule has 5 nitrogen and oxygen atoms in total. The van der Waals surface area contributed by atoms with Crippen LogP contribution < -0.4 is 17.0 Å². The fraction of sp³-hybridized carbons (Fsp3) is 0.600. The first-order chi connectivity index (χ1) is 8.26. The Morgan fingerprint density at radius 2 is 1.94 bits per heavy atom. The zero-order valence-corrected chi connectivity index (χ0v) is 9.83. The van der Waals surface area contributed by atoms with E-state index in [1.165, 1.54) is 10.8 Å². The molecule has 1 heterocycles. The number of nitrogens with zero attached hydrogens (tertiary/aromatic N) is 2. The minimum Gasteiger partial charge on any atom is -0.393 e. The summed E-state index contributed by atoms with van der Waals surface area (Å²) in [5, 5.41) is 0. The van der Waals surface area contributed by atoms with Gasteiger partial charge in [0.05, 0.1) is 0 Å². The predicted octanol–water partition coefficient (Wildman–Crippen LogP) is 0.955. The van der Waals surface area contributed by atoms with E-state index >= 15 is 0 Å². The van der Waals surface area contributed by atoms with Gasteiger partial charge in [-0.05, 0) is 13.3 Å². The lowest BCUT2D eigenvalue weighted by Crippen LogP contribution is -2.40. The summed E-state index contributed by atoms with van der Waals surface area (Å²) in [6.07, 6.45) is -4.47. The Labute approximate surface area is 101 Å². The highest BCUT2D eigenvalue weighted by molar-refractivity contribution is 5.30. The third-order valence-electron chi connectivity index (χ3n) is 2.45. The van der Waals surface area contributed by atoms with Gasteiger partial charge in [0.15, 0.2) is 0 Å². The Morgan fingerprint density at radius 3 is 2.44 bits per heavy atom. The topological polar surface area (TPSA) is 70.0 Å². The molecule has 0 bridgehead atoms. The van der Waals surface area contributed by atoms with E-state index in [9.17, 15) is 22.8 Å². The number of hydrogen-bond acceptors (Lipinski definition) is 3.